The zero-order valence-electron chi connectivity index (χ0n) is 6.72. The zero-order valence-corrected chi connectivity index (χ0v) is 6.72. The summed E-state index contributed by atoms with van der Waals surface area (Å²) in [5, 5.41) is 38.7. The molecule has 0 spiro atoms. The lowest BCUT2D eigenvalue weighted by Crippen LogP contribution is -2.42. The van der Waals surface area contributed by atoms with Crippen molar-refractivity contribution in [3.8, 4) is 0 Å². The molecule has 1 saturated heterocycles. The van der Waals surface area contributed by atoms with Gasteiger partial charge in [-0.1, -0.05) is 0 Å². The minimum atomic E-state index is -0.865. The fourth-order valence-electron chi connectivity index (χ4n) is 1.45. The molecule has 1 fully saturated rings. The van der Waals surface area contributed by atoms with E-state index >= 15 is 0 Å². The monoisotopic (exact) mass is 177 g/mol. The van der Waals surface area contributed by atoms with Crippen molar-refractivity contribution in [3.63, 3.8) is 0 Å². The average molecular weight is 177 g/mol. The molecule has 0 aromatic heterocycles. The third-order valence-corrected chi connectivity index (χ3v) is 2.24. The van der Waals surface area contributed by atoms with Crippen LogP contribution < -0.4 is 5.32 Å². The second-order valence-corrected chi connectivity index (χ2v) is 3.12. The molecule has 4 atom stereocenters. The van der Waals surface area contributed by atoms with Gasteiger partial charge >= 0.3 is 0 Å². The number of hydrogen-bond acceptors (Lipinski definition) is 5. The molecule has 0 amide bonds. The van der Waals surface area contributed by atoms with Crippen LogP contribution in [0.15, 0.2) is 0 Å². The fourth-order valence-corrected chi connectivity index (χ4v) is 1.45. The first kappa shape index (κ1) is 9.88. The van der Waals surface area contributed by atoms with Crippen molar-refractivity contribution in [1.29, 1.82) is 0 Å². The Morgan fingerprint density at radius 2 is 2.08 bits per heavy atom. The van der Waals surface area contributed by atoms with Crippen LogP contribution in [0.25, 0.3) is 0 Å². The summed E-state index contributed by atoms with van der Waals surface area (Å²) >= 11 is 0. The van der Waals surface area contributed by atoms with Gasteiger partial charge in [-0.2, -0.15) is 0 Å². The van der Waals surface area contributed by atoms with Crippen LogP contribution in [0.3, 0.4) is 0 Å². The predicted octanol–water partition coefficient (Wildman–Crippen LogP) is -2.58. The van der Waals surface area contributed by atoms with Gasteiger partial charge in [0.05, 0.1) is 31.5 Å². The van der Waals surface area contributed by atoms with Gasteiger partial charge in [0.2, 0.25) is 0 Å². The maximum Gasteiger partial charge on any atom is 0.0924 e. The maximum atomic E-state index is 9.29. The van der Waals surface area contributed by atoms with Crippen molar-refractivity contribution in [1.82, 2.24) is 5.32 Å². The Morgan fingerprint density at radius 1 is 1.42 bits per heavy atom. The lowest BCUT2D eigenvalue weighted by molar-refractivity contribution is 0.0641. The molecule has 0 aromatic carbocycles. The largest absolute Gasteiger partial charge is 0.395 e. The molecule has 1 rings (SSSR count). The molecular formula is C7H15NO4. The van der Waals surface area contributed by atoms with E-state index in [0.29, 0.717) is 6.42 Å². The second kappa shape index (κ2) is 4.15. The molecule has 5 N–H and O–H groups in total. The number of rotatable bonds is 3. The van der Waals surface area contributed by atoms with Crippen LogP contribution in [0.5, 0.6) is 0 Å². The summed E-state index contributed by atoms with van der Waals surface area (Å²) in [6.07, 6.45) is -1.13. The van der Waals surface area contributed by atoms with Gasteiger partial charge in [-0.05, 0) is 6.42 Å². The first-order chi connectivity index (χ1) is 5.69. The first-order valence-corrected chi connectivity index (χ1v) is 4.03. The highest BCUT2D eigenvalue weighted by Gasteiger charge is 2.35. The molecule has 0 bridgehead atoms. The Labute approximate surface area is 70.6 Å². The Hall–Kier alpha value is -0.200. The maximum absolute atomic E-state index is 9.29. The lowest BCUT2D eigenvalue weighted by Gasteiger charge is -2.16. The third kappa shape index (κ3) is 1.94. The molecule has 4 unspecified atom stereocenters. The van der Waals surface area contributed by atoms with Crippen molar-refractivity contribution in [2.24, 2.45) is 0 Å². The molecule has 0 saturated carbocycles. The summed E-state index contributed by atoms with van der Waals surface area (Å²) in [5.74, 6) is 0. The molecule has 0 aliphatic carbocycles. The predicted molar refractivity (Wildman–Crippen MR) is 41.5 cm³/mol. The Kier molecular flexibility index (Phi) is 3.42. The summed E-state index contributed by atoms with van der Waals surface area (Å²) in [5.41, 5.74) is 0. The zero-order chi connectivity index (χ0) is 9.14. The summed E-state index contributed by atoms with van der Waals surface area (Å²) in [6, 6.07) is -0.696. The SMILES string of the molecule is OCC(O)C1CC(O)C(CO)N1. The van der Waals surface area contributed by atoms with Crippen LogP contribution in [0.1, 0.15) is 6.42 Å². The van der Waals surface area contributed by atoms with Gasteiger partial charge in [0, 0.05) is 6.04 Å². The highest BCUT2D eigenvalue weighted by molar-refractivity contribution is 4.93. The minimum Gasteiger partial charge on any atom is -0.395 e. The van der Waals surface area contributed by atoms with Crippen LogP contribution in [0.2, 0.25) is 0 Å². The van der Waals surface area contributed by atoms with Gasteiger partial charge < -0.3 is 25.7 Å². The number of hydrogen-bond donors (Lipinski definition) is 5. The Balaban J connectivity index is 2.42. The molecule has 1 heterocycles. The van der Waals surface area contributed by atoms with E-state index in [9.17, 15) is 10.2 Å². The van der Waals surface area contributed by atoms with E-state index in [-0.39, 0.29) is 25.3 Å². The van der Waals surface area contributed by atoms with Crippen LogP contribution in [0.4, 0.5) is 0 Å². The van der Waals surface area contributed by atoms with Crippen LogP contribution >= 0.6 is 0 Å². The molecule has 72 valence electrons. The fraction of sp³-hybridized carbons (Fsp3) is 1.00. The van der Waals surface area contributed by atoms with Crippen LogP contribution in [-0.4, -0.2) is 57.9 Å². The highest BCUT2D eigenvalue weighted by Crippen LogP contribution is 2.15. The molecule has 5 heteroatoms. The van der Waals surface area contributed by atoms with E-state index < -0.39 is 12.2 Å². The quantitative estimate of drug-likeness (QED) is 0.326. The van der Waals surface area contributed by atoms with Crippen LogP contribution in [0, 0.1) is 0 Å². The van der Waals surface area contributed by atoms with E-state index in [1.54, 1.807) is 0 Å². The summed E-state index contributed by atoms with van der Waals surface area (Å²) in [6.45, 7) is -0.488. The van der Waals surface area contributed by atoms with Crippen molar-refractivity contribution < 1.29 is 20.4 Å². The topological polar surface area (TPSA) is 93.0 Å². The van der Waals surface area contributed by atoms with Gasteiger partial charge in [-0.25, -0.2) is 0 Å². The summed E-state index contributed by atoms with van der Waals surface area (Å²) in [4.78, 5) is 0. The lowest BCUT2D eigenvalue weighted by atomic mass is 10.1. The van der Waals surface area contributed by atoms with Crippen molar-refractivity contribution in [2.75, 3.05) is 13.2 Å². The van der Waals surface area contributed by atoms with Gasteiger partial charge in [0.15, 0.2) is 0 Å². The molecule has 5 nitrogen and oxygen atoms in total. The van der Waals surface area contributed by atoms with E-state index in [1.807, 2.05) is 0 Å². The van der Waals surface area contributed by atoms with E-state index in [2.05, 4.69) is 5.32 Å². The van der Waals surface area contributed by atoms with Crippen molar-refractivity contribution >= 4 is 0 Å². The van der Waals surface area contributed by atoms with Gasteiger partial charge in [0.1, 0.15) is 0 Å². The van der Waals surface area contributed by atoms with Crippen molar-refractivity contribution in [3.05, 3.63) is 0 Å². The minimum absolute atomic E-state index is 0.157. The molecule has 0 radical (unpaired) electrons. The number of aliphatic hydroxyl groups is 4. The van der Waals surface area contributed by atoms with Gasteiger partial charge in [-0.3, -0.25) is 0 Å². The van der Waals surface area contributed by atoms with Crippen molar-refractivity contribution in [2.45, 2.75) is 30.7 Å². The number of aliphatic hydroxyl groups excluding tert-OH is 4. The Morgan fingerprint density at radius 3 is 2.50 bits per heavy atom. The highest BCUT2D eigenvalue weighted by atomic mass is 16.3. The molecule has 1 aliphatic heterocycles. The van der Waals surface area contributed by atoms with E-state index in [4.69, 9.17) is 10.2 Å². The molecule has 1 aliphatic rings. The van der Waals surface area contributed by atoms with Gasteiger partial charge in [0.25, 0.3) is 0 Å². The van der Waals surface area contributed by atoms with Gasteiger partial charge in [-0.15, -0.1) is 0 Å². The number of nitrogens with one attached hydrogen (secondary N) is 1. The van der Waals surface area contributed by atoms with E-state index in [0.717, 1.165) is 0 Å². The average Bonchev–Trinajstić information content (AvgIpc) is 2.45. The van der Waals surface area contributed by atoms with Crippen LogP contribution in [-0.2, 0) is 0 Å². The molecule has 0 aromatic rings. The molecular weight excluding hydrogens is 162 g/mol. The standard InChI is InChI=1S/C7H15NO4/c9-2-5-6(11)1-4(8-5)7(12)3-10/h4-12H,1-3H2. The summed E-state index contributed by atoms with van der Waals surface area (Å²) in [7, 11) is 0. The second-order valence-electron chi connectivity index (χ2n) is 3.12. The molecule has 12 heavy (non-hydrogen) atoms. The Bertz CT molecular complexity index is 143. The first-order valence-electron chi connectivity index (χ1n) is 4.03. The third-order valence-electron chi connectivity index (χ3n) is 2.24. The summed E-state index contributed by atoms with van der Waals surface area (Å²) < 4.78 is 0. The smallest absolute Gasteiger partial charge is 0.0924 e. The normalized spacial score (nSPS) is 38.5. The van der Waals surface area contributed by atoms with E-state index in [1.165, 1.54) is 0 Å².